The molecule has 0 saturated carbocycles. The van der Waals surface area contributed by atoms with Gasteiger partial charge in [-0.05, 0) is 25.1 Å². The highest BCUT2D eigenvalue weighted by Crippen LogP contribution is 2.30. The Bertz CT molecular complexity index is 1010. The zero-order chi connectivity index (χ0) is 17.5. The van der Waals surface area contributed by atoms with Gasteiger partial charge in [0.25, 0.3) is 5.89 Å². The summed E-state index contributed by atoms with van der Waals surface area (Å²) in [4.78, 5) is 6.47. The second-order valence-electron chi connectivity index (χ2n) is 6.81. The molecular weight excluding hydrogens is 330 g/mol. The van der Waals surface area contributed by atoms with E-state index >= 15 is 0 Å². The number of aryl methyl sites for hydroxylation is 1. The molecule has 4 aromatic rings. The maximum Gasteiger partial charge on any atom is 0.265 e. The summed E-state index contributed by atoms with van der Waals surface area (Å²) in [5.41, 5.74) is 1.77. The Labute approximate surface area is 150 Å². The molecule has 1 fully saturated rings. The van der Waals surface area contributed by atoms with Crippen LogP contribution in [0.2, 0.25) is 0 Å². The molecule has 132 valence electrons. The predicted molar refractivity (Wildman–Crippen MR) is 95.3 cm³/mol. The van der Waals surface area contributed by atoms with Crippen LogP contribution < -0.4 is 0 Å². The minimum Gasteiger partial charge on any atom is -0.460 e. The maximum absolute atomic E-state index is 5.93. The Morgan fingerprint density at radius 1 is 1.19 bits per heavy atom. The topological polar surface area (TPSA) is 73.1 Å². The summed E-state index contributed by atoms with van der Waals surface area (Å²) in [7, 11) is 1.91. The SMILES string of the molecule is Cn1cncc1-c1nnc(C2CCN(Cc3cc4ccccc4o3)C2)o1. The van der Waals surface area contributed by atoms with Gasteiger partial charge in [-0.25, -0.2) is 4.98 Å². The summed E-state index contributed by atoms with van der Waals surface area (Å²) in [6.45, 7) is 2.68. The van der Waals surface area contributed by atoms with Crippen molar-refractivity contribution in [1.82, 2.24) is 24.6 Å². The fraction of sp³-hybridized carbons (Fsp3) is 0.316. The minimum atomic E-state index is 0.258. The van der Waals surface area contributed by atoms with Gasteiger partial charge in [-0.3, -0.25) is 4.90 Å². The summed E-state index contributed by atoms with van der Waals surface area (Å²) in [5, 5.41) is 9.60. The van der Waals surface area contributed by atoms with E-state index in [0.29, 0.717) is 11.8 Å². The number of benzene rings is 1. The van der Waals surface area contributed by atoms with Crippen molar-refractivity contribution in [3.8, 4) is 11.6 Å². The second-order valence-corrected chi connectivity index (χ2v) is 6.81. The molecule has 0 aliphatic carbocycles. The van der Waals surface area contributed by atoms with Crippen molar-refractivity contribution in [2.24, 2.45) is 7.05 Å². The molecule has 1 unspecified atom stereocenters. The van der Waals surface area contributed by atoms with E-state index in [1.54, 1.807) is 12.5 Å². The quantitative estimate of drug-likeness (QED) is 0.563. The monoisotopic (exact) mass is 349 g/mol. The first-order valence-electron chi connectivity index (χ1n) is 8.76. The normalized spacial score (nSPS) is 18.1. The van der Waals surface area contributed by atoms with Gasteiger partial charge in [0.05, 0.1) is 25.0 Å². The van der Waals surface area contributed by atoms with E-state index in [1.165, 1.54) is 0 Å². The van der Waals surface area contributed by atoms with Crippen LogP contribution in [0.15, 0.2) is 51.7 Å². The summed E-state index contributed by atoms with van der Waals surface area (Å²) in [6, 6.07) is 10.2. The number of imidazole rings is 1. The number of hydrogen-bond acceptors (Lipinski definition) is 6. The zero-order valence-electron chi connectivity index (χ0n) is 14.5. The zero-order valence-corrected chi connectivity index (χ0v) is 14.5. The van der Waals surface area contributed by atoms with Crippen LogP contribution in [0.5, 0.6) is 0 Å². The Kier molecular flexibility index (Phi) is 3.60. The fourth-order valence-electron chi connectivity index (χ4n) is 3.58. The van der Waals surface area contributed by atoms with E-state index in [1.807, 2.05) is 29.8 Å². The number of furan rings is 1. The molecule has 0 spiro atoms. The Hall–Kier alpha value is -2.93. The van der Waals surface area contributed by atoms with E-state index in [2.05, 4.69) is 32.2 Å². The Balaban J connectivity index is 1.28. The minimum absolute atomic E-state index is 0.258. The molecule has 7 nitrogen and oxygen atoms in total. The highest BCUT2D eigenvalue weighted by molar-refractivity contribution is 5.77. The van der Waals surface area contributed by atoms with Crippen LogP contribution in [0.4, 0.5) is 0 Å². The Morgan fingerprint density at radius 2 is 2.12 bits per heavy atom. The van der Waals surface area contributed by atoms with Crippen molar-refractivity contribution < 1.29 is 8.83 Å². The molecule has 0 radical (unpaired) electrons. The van der Waals surface area contributed by atoms with Crippen LogP contribution in [-0.4, -0.2) is 37.7 Å². The number of aromatic nitrogens is 4. The van der Waals surface area contributed by atoms with Crippen molar-refractivity contribution in [3.05, 3.63) is 54.5 Å². The average Bonchev–Trinajstić information content (AvgIpc) is 3.40. The van der Waals surface area contributed by atoms with Gasteiger partial charge < -0.3 is 13.4 Å². The lowest BCUT2D eigenvalue weighted by Crippen LogP contribution is -2.19. The van der Waals surface area contributed by atoms with Gasteiger partial charge in [0, 0.05) is 19.0 Å². The highest BCUT2D eigenvalue weighted by Gasteiger charge is 2.29. The van der Waals surface area contributed by atoms with E-state index in [0.717, 1.165) is 48.5 Å². The van der Waals surface area contributed by atoms with Crippen LogP contribution in [0.25, 0.3) is 22.6 Å². The molecule has 1 aromatic carbocycles. The second kappa shape index (κ2) is 6.10. The van der Waals surface area contributed by atoms with E-state index in [4.69, 9.17) is 8.83 Å². The molecule has 7 heteroatoms. The number of nitrogens with zero attached hydrogens (tertiary/aromatic N) is 5. The van der Waals surface area contributed by atoms with Gasteiger partial charge >= 0.3 is 0 Å². The van der Waals surface area contributed by atoms with Gasteiger partial charge in [0.2, 0.25) is 5.89 Å². The number of hydrogen-bond donors (Lipinski definition) is 0. The summed E-state index contributed by atoms with van der Waals surface area (Å²) in [5.74, 6) is 2.48. The van der Waals surface area contributed by atoms with E-state index in [-0.39, 0.29) is 5.92 Å². The van der Waals surface area contributed by atoms with Crippen LogP contribution in [0, 0.1) is 0 Å². The van der Waals surface area contributed by atoms with Crippen molar-refractivity contribution in [3.63, 3.8) is 0 Å². The van der Waals surface area contributed by atoms with E-state index in [9.17, 15) is 0 Å². The predicted octanol–water partition coefficient (Wildman–Crippen LogP) is 3.21. The highest BCUT2D eigenvalue weighted by atomic mass is 16.4. The van der Waals surface area contributed by atoms with Crippen LogP contribution in [0.3, 0.4) is 0 Å². The fourth-order valence-corrected chi connectivity index (χ4v) is 3.58. The average molecular weight is 349 g/mol. The first kappa shape index (κ1) is 15.3. The molecule has 3 aromatic heterocycles. The van der Waals surface area contributed by atoms with Gasteiger partial charge in [-0.15, -0.1) is 10.2 Å². The number of rotatable bonds is 4. The molecule has 0 N–H and O–H groups in total. The Morgan fingerprint density at radius 3 is 2.96 bits per heavy atom. The van der Waals surface area contributed by atoms with Gasteiger partial charge in [0.1, 0.15) is 17.0 Å². The van der Waals surface area contributed by atoms with Crippen LogP contribution in [-0.2, 0) is 13.6 Å². The van der Waals surface area contributed by atoms with Gasteiger partial charge in [0.15, 0.2) is 0 Å². The van der Waals surface area contributed by atoms with Gasteiger partial charge in [-0.2, -0.15) is 0 Å². The molecule has 1 aliphatic heterocycles. The molecule has 0 bridgehead atoms. The third-order valence-electron chi connectivity index (χ3n) is 4.95. The first-order chi connectivity index (χ1) is 12.8. The molecular formula is C19H19N5O2. The van der Waals surface area contributed by atoms with Crippen molar-refractivity contribution in [2.45, 2.75) is 18.9 Å². The number of fused-ring (bicyclic) bond motifs is 1. The van der Waals surface area contributed by atoms with Crippen molar-refractivity contribution >= 4 is 11.0 Å². The lowest BCUT2D eigenvalue weighted by molar-refractivity contribution is 0.294. The molecule has 1 saturated heterocycles. The van der Waals surface area contributed by atoms with Crippen molar-refractivity contribution in [2.75, 3.05) is 13.1 Å². The number of likely N-dealkylation sites (tertiary alicyclic amines) is 1. The molecule has 5 rings (SSSR count). The largest absolute Gasteiger partial charge is 0.460 e. The summed E-state index contributed by atoms with van der Waals surface area (Å²) in [6.07, 6.45) is 4.47. The van der Waals surface area contributed by atoms with Crippen molar-refractivity contribution in [1.29, 1.82) is 0 Å². The first-order valence-corrected chi connectivity index (χ1v) is 8.76. The number of para-hydroxylation sites is 1. The smallest absolute Gasteiger partial charge is 0.265 e. The van der Waals surface area contributed by atoms with E-state index < -0.39 is 0 Å². The lowest BCUT2D eigenvalue weighted by Gasteiger charge is -2.12. The van der Waals surface area contributed by atoms with Gasteiger partial charge in [-0.1, -0.05) is 18.2 Å². The molecule has 4 heterocycles. The molecule has 0 amide bonds. The lowest BCUT2D eigenvalue weighted by atomic mass is 10.1. The summed E-state index contributed by atoms with van der Waals surface area (Å²) >= 11 is 0. The standard InChI is InChI=1S/C19H19N5O2/c1-23-12-20-9-16(23)19-22-21-18(26-19)14-6-7-24(10-14)11-15-8-13-4-2-3-5-17(13)25-15/h2-5,8-9,12,14H,6-7,10-11H2,1H3. The van der Waals surface area contributed by atoms with Crippen LogP contribution in [0.1, 0.15) is 24.0 Å². The third kappa shape index (κ3) is 2.70. The maximum atomic E-state index is 5.93. The third-order valence-corrected chi connectivity index (χ3v) is 4.95. The molecule has 1 aliphatic rings. The molecule has 26 heavy (non-hydrogen) atoms. The summed E-state index contributed by atoms with van der Waals surface area (Å²) < 4.78 is 13.7. The van der Waals surface area contributed by atoms with Crippen LogP contribution >= 0.6 is 0 Å². The molecule has 1 atom stereocenters.